The molecular formula is C22H17BrF2N2O3S. The number of hydrogen-bond acceptors (Lipinski definition) is 3. The highest BCUT2D eigenvalue weighted by atomic mass is 79.9. The fourth-order valence-corrected chi connectivity index (χ4v) is 5.22. The predicted octanol–water partition coefficient (Wildman–Crippen LogP) is 4.73. The smallest absolute Gasteiger partial charge is 0.258 e. The third-order valence-corrected chi connectivity index (χ3v) is 7.43. The summed E-state index contributed by atoms with van der Waals surface area (Å²) in [6.45, 7) is 0.476. The van der Waals surface area contributed by atoms with Crippen LogP contribution in [0.15, 0.2) is 70.0 Å². The van der Waals surface area contributed by atoms with E-state index in [2.05, 4.69) is 21.2 Å². The summed E-state index contributed by atoms with van der Waals surface area (Å²) < 4.78 is 56.4. The number of amides is 1. The minimum Gasteiger partial charge on any atom is -0.319 e. The molecule has 0 aromatic heterocycles. The second kappa shape index (κ2) is 8.49. The van der Waals surface area contributed by atoms with Gasteiger partial charge in [0.1, 0.15) is 11.6 Å². The van der Waals surface area contributed by atoms with E-state index in [-0.39, 0.29) is 23.7 Å². The van der Waals surface area contributed by atoms with Crippen molar-refractivity contribution >= 4 is 37.5 Å². The van der Waals surface area contributed by atoms with Crippen molar-refractivity contribution in [1.29, 1.82) is 0 Å². The van der Waals surface area contributed by atoms with E-state index >= 15 is 0 Å². The molecule has 9 heteroatoms. The Morgan fingerprint density at radius 2 is 1.71 bits per heavy atom. The molecule has 3 aromatic rings. The van der Waals surface area contributed by atoms with Crippen molar-refractivity contribution in [3.05, 3.63) is 93.5 Å². The fourth-order valence-electron chi connectivity index (χ4n) is 3.44. The molecule has 0 spiro atoms. The molecule has 1 aliphatic heterocycles. The Labute approximate surface area is 186 Å². The van der Waals surface area contributed by atoms with Gasteiger partial charge >= 0.3 is 0 Å². The van der Waals surface area contributed by atoms with Gasteiger partial charge in [-0.05, 0) is 53.9 Å². The predicted molar refractivity (Wildman–Crippen MR) is 116 cm³/mol. The van der Waals surface area contributed by atoms with E-state index in [0.29, 0.717) is 10.9 Å². The van der Waals surface area contributed by atoms with Gasteiger partial charge in [0.2, 0.25) is 10.0 Å². The number of carbonyl (C=O) groups is 1. The van der Waals surface area contributed by atoms with Crippen molar-refractivity contribution in [2.75, 3.05) is 11.9 Å². The van der Waals surface area contributed by atoms with E-state index in [1.165, 1.54) is 16.4 Å². The molecule has 1 heterocycles. The van der Waals surface area contributed by atoms with Crippen molar-refractivity contribution in [1.82, 2.24) is 4.31 Å². The topological polar surface area (TPSA) is 66.5 Å². The molecule has 0 radical (unpaired) electrons. The van der Waals surface area contributed by atoms with Gasteiger partial charge in [-0.1, -0.05) is 40.2 Å². The van der Waals surface area contributed by atoms with Gasteiger partial charge in [0, 0.05) is 17.6 Å². The standard InChI is InChI=1S/C22H17BrF2N2O3S/c23-16-5-8-21(20(25)11-16)26-22(28)18-12-17(6-7-19(18)24)31(29,30)27-10-9-14-3-1-2-4-15(14)13-27/h1-8,11-12H,9-10,13H2,(H,26,28). The first-order valence-electron chi connectivity index (χ1n) is 9.38. The van der Waals surface area contributed by atoms with Crippen LogP contribution in [0.5, 0.6) is 0 Å². The van der Waals surface area contributed by atoms with Crippen molar-refractivity contribution in [2.45, 2.75) is 17.9 Å². The summed E-state index contributed by atoms with van der Waals surface area (Å²) in [5.74, 6) is -2.56. The Morgan fingerprint density at radius 3 is 2.45 bits per heavy atom. The maximum atomic E-state index is 14.3. The highest BCUT2D eigenvalue weighted by molar-refractivity contribution is 9.10. The second-order valence-corrected chi connectivity index (χ2v) is 9.93. The molecule has 31 heavy (non-hydrogen) atoms. The zero-order chi connectivity index (χ0) is 22.2. The van der Waals surface area contributed by atoms with Crippen LogP contribution in [0.3, 0.4) is 0 Å². The lowest BCUT2D eigenvalue weighted by Gasteiger charge is -2.28. The number of benzene rings is 3. The minimum absolute atomic E-state index is 0.145. The Morgan fingerprint density at radius 1 is 0.968 bits per heavy atom. The normalized spacial score (nSPS) is 14.2. The summed E-state index contributed by atoms with van der Waals surface area (Å²) in [5, 5.41) is 2.28. The van der Waals surface area contributed by atoms with E-state index in [0.717, 1.165) is 35.4 Å². The molecule has 0 saturated heterocycles. The molecule has 0 bridgehead atoms. The summed E-state index contributed by atoms with van der Waals surface area (Å²) in [7, 11) is -3.96. The zero-order valence-corrected chi connectivity index (χ0v) is 18.5. The number of nitrogens with zero attached hydrogens (tertiary/aromatic N) is 1. The number of nitrogens with one attached hydrogen (secondary N) is 1. The number of hydrogen-bond donors (Lipinski definition) is 1. The van der Waals surface area contributed by atoms with E-state index in [1.807, 2.05) is 24.3 Å². The first kappa shape index (κ1) is 21.6. The Balaban J connectivity index is 1.62. The fraction of sp³-hybridized carbons (Fsp3) is 0.136. The van der Waals surface area contributed by atoms with Crippen LogP contribution < -0.4 is 5.32 Å². The second-order valence-electron chi connectivity index (χ2n) is 7.08. The van der Waals surface area contributed by atoms with Crippen LogP contribution in [0.4, 0.5) is 14.5 Å². The minimum atomic E-state index is -3.96. The average Bonchev–Trinajstić information content (AvgIpc) is 2.75. The lowest BCUT2D eigenvalue weighted by atomic mass is 10.0. The van der Waals surface area contributed by atoms with Gasteiger partial charge in [0.15, 0.2) is 0 Å². The monoisotopic (exact) mass is 506 g/mol. The molecule has 4 rings (SSSR count). The summed E-state index contributed by atoms with van der Waals surface area (Å²) >= 11 is 3.11. The van der Waals surface area contributed by atoms with Gasteiger partial charge in [-0.3, -0.25) is 4.79 Å². The highest BCUT2D eigenvalue weighted by Crippen LogP contribution is 2.27. The first-order valence-corrected chi connectivity index (χ1v) is 11.6. The third kappa shape index (κ3) is 4.39. The van der Waals surface area contributed by atoms with Crippen molar-refractivity contribution in [3.8, 4) is 0 Å². The quantitative estimate of drug-likeness (QED) is 0.556. The Bertz CT molecular complexity index is 1280. The number of sulfonamides is 1. The summed E-state index contributed by atoms with van der Waals surface area (Å²) in [6.07, 6.45) is 0.562. The molecule has 3 aromatic carbocycles. The van der Waals surface area contributed by atoms with Gasteiger partial charge in [-0.25, -0.2) is 17.2 Å². The van der Waals surface area contributed by atoms with Crippen molar-refractivity contribution in [3.63, 3.8) is 0 Å². The van der Waals surface area contributed by atoms with Crippen LogP contribution in [0.1, 0.15) is 21.5 Å². The molecule has 0 saturated carbocycles. The third-order valence-electron chi connectivity index (χ3n) is 5.10. The number of fused-ring (bicyclic) bond motifs is 1. The Kier molecular flexibility index (Phi) is 5.92. The maximum absolute atomic E-state index is 14.3. The average molecular weight is 507 g/mol. The Hall–Kier alpha value is -2.62. The molecule has 1 aliphatic rings. The molecule has 0 aliphatic carbocycles. The van der Waals surface area contributed by atoms with E-state index in [1.54, 1.807) is 0 Å². The first-order chi connectivity index (χ1) is 14.8. The molecule has 1 amide bonds. The molecule has 0 unspecified atom stereocenters. The number of anilines is 1. The van der Waals surface area contributed by atoms with E-state index in [4.69, 9.17) is 0 Å². The van der Waals surface area contributed by atoms with Gasteiger partial charge in [0.05, 0.1) is 16.1 Å². The van der Waals surface area contributed by atoms with Gasteiger partial charge in [0.25, 0.3) is 5.91 Å². The molecule has 160 valence electrons. The molecule has 0 fully saturated rings. The zero-order valence-electron chi connectivity index (χ0n) is 16.1. The maximum Gasteiger partial charge on any atom is 0.258 e. The van der Waals surface area contributed by atoms with Crippen LogP contribution in [-0.2, 0) is 23.0 Å². The largest absolute Gasteiger partial charge is 0.319 e. The van der Waals surface area contributed by atoms with Crippen molar-refractivity contribution < 1.29 is 22.0 Å². The number of rotatable bonds is 4. The highest BCUT2D eigenvalue weighted by Gasteiger charge is 2.29. The van der Waals surface area contributed by atoms with Gasteiger partial charge in [-0.15, -0.1) is 0 Å². The number of carbonyl (C=O) groups excluding carboxylic acids is 1. The van der Waals surface area contributed by atoms with Crippen LogP contribution in [0.25, 0.3) is 0 Å². The van der Waals surface area contributed by atoms with Crippen LogP contribution in [0, 0.1) is 11.6 Å². The van der Waals surface area contributed by atoms with E-state index < -0.39 is 33.1 Å². The summed E-state index contributed by atoms with van der Waals surface area (Å²) in [4.78, 5) is 12.4. The molecular weight excluding hydrogens is 490 g/mol. The summed E-state index contributed by atoms with van der Waals surface area (Å²) in [6, 6.07) is 14.6. The van der Waals surface area contributed by atoms with Gasteiger partial charge in [-0.2, -0.15) is 4.31 Å². The van der Waals surface area contributed by atoms with Crippen LogP contribution >= 0.6 is 15.9 Å². The molecule has 5 nitrogen and oxygen atoms in total. The lowest BCUT2D eigenvalue weighted by molar-refractivity contribution is 0.102. The summed E-state index contributed by atoms with van der Waals surface area (Å²) in [5.41, 5.74) is 1.36. The van der Waals surface area contributed by atoms with Crippen LogP contribution in [0.2, 0.25) is 0 Å². The number of halogens is 3. The molecule has 1 N–H and O–H groups in total. The van der Waals surface area contributed by atoms with Crippen molar-refractivity contribution in [2.24, 2.45) is 0 Å². The molecule has 0 atom stereocenters. The van der Waals surface area contributed by atoms with E-state index in [9.17, 15) is 22.0 Å². The lowest BCUT2D eigenvalue weighted by Crippen LogP contribution is -2.36. The van der Waals surface area contributed by atoms with Gasteiger partial charge < -0.3 is 5.32 Å². The SMILES string of the molecule is O=C(Nc1ccc(Br)cc1F)c1cc(S(=O)(=O)N2CCc3ccccc3C2)ccc1F. The van der Waals surface area contributed by atoms with Crippen LogP contribution in [-0.4, -0.2) is 25.2 Å².